The molecule has 0 aliphatic heterocycles. The zero-order valence-electron chi connectivity index (χ0n) is 8.76. The summed E-state index contributed by atoms with van der Waals surface area (Å²) in [5.74, 6) is 0. The van der Waals surface area contributed by atoms with Gasteiger partial charge < -0.3 is 35.3 Å². The first-order valence-corrected chi connectivity index (χ1v) is 4.60. The fourth-order valence-electron chi connectivity index (χ4n) is 1.07. The molecule has 0 saturated heterocycles. The van der Waals surface area contributed by atoms with Crippen molar-refractivity contribution in [3.8, 4) is 0 Å². The molecule has 0 atom stereocenters. The van der Waals surface area contributed by atoms with Crippen molar-refractivity contribution in [1.29, 1.82) is 0 Å². The average molecular weight is 241 g/mol. The zero-order chi connectivity index (χ0) is 10.2. The second-order valence-electron chi connectivity index (χ2n) is 2.85. The van der Waals surface area contributed by atoms with Crippen LogP contribution in [0.4, 0.5) is 5.69 Å². The molecule has 2 heteroatoms. The molecule has 0 radical (unpaired) electrons. The predicted octanol–water partition coefficient (Wildman–Crippen LogP) is 3.49. The molecule has 0 fully saturated rings. The topological polar surface area (TPSA) is 12.0 Å². The predicted molar refractivity (Wildman–Crippen MR) is 63.7 cm³/mol. The monoisotopic (exact) mass is 241 g/mol. The molecule has 0 aliphatic rings. The zero-order valence-corrected chi connectivity index (χ0v) is 9.86. The molecule has 0 aromatic heterocycles. The van der Waals surface area contributed by atoms with E-state index in [4.69, 9.17) is 0 Å². The Labute approximate surface area is 102 Å². The molecule has 0 unspecified atom stereocenters. The summed E-state index contributed by atoms with van der Waals surface area (Å²) >= 11 is 0. The Morgan fingerprint density at radius 3 is 2.00 bits per heavy atom. The average Bonchev–Trinajstić information content (AvgIpc) is 2.92. The molecular weight excluding hydrogens is 226 g/mol. The Morgan fingerprint density at radius 2 is 1.73 bits per heavy atom. The number of anilines is 1. The maximum absolute atomic E-state index is 3.60. The minimum Gasteiger partial charge on any atom is -0.746 e. The summed E-state index contributed by atoms with van der Waals surface area (Å²) in [5, 5.41) is 3.01. The van der Waals surface area contributed by atoms with E-state index in [0.29, 0.717) is 0 Å². The molecule has 0 amide bonds. The Kier molecular flexibility index (Phi) is 7.43. The fourth-order valence-corrected chi connectivity index (χ4v) is 1.07. The van der Waals surface area contributed by atoms with Crippen molar-refractivity contribution in [3.63, 3.8) is 0 Å². The summed E-state index contributed by atoms with van der Waals surface area (Å²) in [6.45, 7) is 3.60. The van der Waals surface area contributed by atoms with Gasteiger partial charge in [0.25, 0.3) is 0 Å². The van der Waals surface area contributed by atoms with E-state index in [1.807, 2.05) is 61.7 Å². The second kappa shape index (κ2) is 8.10. The van der Waals surface area contributed by atoms with Gasteiger partial charge >= 0.3 is 0 Å². The summed E-state index contributed by atoms with van der Waals surface area (Å²) in [5.41, 5.74) is 2.38. The van der Waals surface area contributed by atoms with Gasteiger partial charge in [-0.15, -0.1) is 23.8 Å². The maximum Gasteiger partial charge on any atom is 0 e. The molecule has 0 bridgehead atoms. The molecule has 0 saturated carbocycles. The summed E-state index contributed by atoms with van der Waals surface area (Å²) in [4.78, 5) is 0. The van der Waals surface area contributed by atoms with Crippen LogP contribution in [0.2, 0.25) is 0 Å². The van der Waals surface area contributed by atoms with Gasteiger partial charge in [-0.1, -0.05) is 0 Å². The van der Waals surface area contributed by atoms with E-state index in [9.17, 15) is 0 Å². The van der Waals surface area contributed by atoms with E-state index in [-0.39, 0.29) is 17.1 Å². The van der Waals surface area contributed by atoms with Crippen LogP contribution in [-0.2, 0) is 17.1 Å². The van der Waals surface area contributed by atoms with E-state index in [1.165, 1.54) is 11.3 Å². The van der Waals surface area contributed by atoms with Crippen molar-refractivity contribution in [2.24, 2.45) is 0 Å². The second-order valence-corrected chi connectivity index (χ2v) is 2.85. The summed E-state index contributed by atoms with van der Waals surface area (Å²) in [6.07, 6.45) is 1.83. The van der Waals surface area contributed by atoms with Gasteiger partial charge in [0.05, 0.1) is 0 Å². The van der Waals surface area contributed by atoms with Crippen molar-refractivity contribution in [2.45, 2.75) is 0 Å². The van der Waals surface area contributed by atoms with Crippen LogP contribution in [0, 0.1) is 0 Å². The Morgan fingerprint density at radius 1 is 1.20 bits per heavy atom. The van der Waals surface area contributed by atoms with Crippen molar-refractivity contribution in [3.05, 3.63) is 60.7 Å². The number of hydrogen-bond acceptors (Lipinski definition) is 1. The fraction of sp³-hybridized carbons (Fsp3) is 0.0769. The standard InChI is InChI=1S/C7H7.C6H8N.Fe/c1-2-7-5-3-4-6-7;1-7-6-4-2-3-5-6;/h2-6H,1H2;2-5,7H,1H3;/q-1;-5;. The third kappa shape index (κ3) is 5.26. The number of nitrogens with one attached hydrogen (secondary N) is 1. The van der Waals surface area contributed by atoms with Gasteiger partial charge in [0.2, 0.25) is 0 Å². The Hall–Kier alpha value is -1.24. The number of hydrogen-bond donors (Lipinski definition) is 1. The van der Waals surface area contributed by atoms with Crippen LogP contribution >= 0.6 is 0 Å². The van der Waals surface area contributed by atoms with Gasteiger partial charge in [0, 0.05) is 17.1 Å². The Bertz CT molecular complexity index is 333. The van der Waals surface area contributed by atoms with Crippen molar-refractivity contribution in [1.82, 2.24) is 0 Å². The molecular formula is C13H15FeN-6. The van der Waals surface area contributed by atoms with Gasteiger partial charge in [-0.25, -0.2) is 0 Å². The normalized spacial score (nSPS) is 8.07. The first kappa shape index (κ1) is 13.8. The molecule has 1 nitrogen and oxygen atoms in total. The summed E-state index contributed by atoms with van der Waals surface area (Å²) in [7, 11) is 1.91. The van der Waals surface area contributed by atoms with Crippen molar-refractivity contribution in [2.75, 3.05) is 12.4 Å². The van der Waals surface area contributed by atoms with Gasteiger partial charge in [0.1, 0.15) is 0 Å². The van der Waals surface area contributed by atoms with E-state index in [2.05, 4.69) is 11.9 Å². The first-order chi connectivity index (χ1) is 6.86. The molecule has 15 heavy (non-hydrogen) atoms. The minimum atomic E-state index is 0. The maximum atomic E-state index is 3.60. The third-order valence-electron chi connectivity index (χ3n) is 1.88. The molecule has 2 aromatic carbocycles. The van der Waals surface area contributed by atoms with Crippen molar-refractivity contribution >= 4 is 11.8 Å². The molecule has 2 aromatic rings. The van der Waals surface area contributed by atoms with Crippen LogP contribution in [0.5, 0.6) is 0 Å². The van der Waals surface area contributed by atoms with E-state index < -0.39 is 0 Å². The van der Waals surface area contributed by atoms with Crippen LogP contribution in [0.15, 0.2) is 55.1 Å². The third-order valence-corrected chi connectivity index (χ3v) is 1.88. The van der Waals surface area contributed by atoms with E-state index in [1.54, 1.807) is 0 Å². The molecule has 2 rings (SSSR count). The quantitative estimate of drug-likeness (QED) is 0.626. The summed E-state index contributed by atoms with van der Waals surface area (Å²) < 4.78 is 0. The molecule has 1 N–H and O–H groups in total. The van der Waals surface area contributed by atoms with Crippen LogP contribution in [0.3, 0.4) is 0 Å². The SMILES string of the molecule is C=C[c-]1cccc1.CN[c-]1[cH-][cH-][cH-][cH-]1.[Fe]. The van der Waals surface area contributed by atoms with Crippen LogP contribution < -0.4 is 5.32 Å². The smallest absolute Gasteiger partial charge is 0 e. The Balaban J connectivity index is 0.000000245. The largest absolute Gasteiger partial charge is 0.746 e. The van der Waals surface area contributed by atoms with Crippen LogP contribution in [-0.4, -0.2) is 7.05 Å². The van der Waals surface area contributed by atoms with Gasteiger partial charge in [-0.3, -0.25) is 0 Å². The first-order valence-electron chi connectivity index (χ1n) is 4.60. The minimum absolute atomic E-state index is 0. The van der Waals surface area contributed by atoms with E-state index >= 15 is 0 Å². The number of rotatable bonds is 2. The van der Waals surface area contributed by atoms with Gasteiger partial charge in [-0.2, -0.15) is 18.7 Å². The molecule has 0 aliphatic carbocycles. The molecule has 0 spiro atoms. The van der Waals surface area contributed by atoms with Gasteiger partial charge in [-0.05, 0) is 7.05 Å². The van der Waals surface area contributed by atoms with Crippen LogP contribution in [0.25, 0.3) is 6.08 Å². The van der Waals surface area contributed by atoms with Crippen molar-refractivity contribution < 1.29 is 17.1 Å². The molecule has 0 heterocycles. The molecule has 86 valence electrons. The van der Waals surface area contributed by atoms with Crippen LogP contribution in [0.1, 0.15) is 5.56 Å². The van der Waals surface area contributed by atoms with Gasteiger partial charge in [0.15, 0.2) is 0 Å². The summed E-state index contributed by atoms with van der Waals surface area (Å²) in [6, 6.07) is 16.1. The van der Waals surface area contributed by atoms with E-state index in [0.717, 1.165) is 0 Å².